The molecule has 0 fully saturated rings. The Morgan fingerprint density at radius 2 is 1.20 bits per heavy atom. The Morgan fingerprint density at radius 3 is 1.89 bits per heavy atom. The quantitative estimate of drug-likeness (QED) is 0.107. The largest absolute Gasteiger partial charge is 0.510 e. The van der Waals surface area contributed by atoms with Gasteiger partial charge in [0.1, 0.15) is 5.82 Å². The number of hydrogen-bond acceptors (Lipinski definition) is 2. The van der Waals surface area contributed by atoms with Gasteiger partial charge in [-0.1, -0.05) is 208 Å². The number of para-hydroxylation sites is 4. The molecule has 0 unspecified atom stereocenters. The van der Waals surface area contributed by atoms with Crippen LogP contribution in [0.2, 0.25) is 0 Å². The summed E-state index contributed by atoms with van der Waals surface area (Å²) in [5.41, 5.74) is 13.7. The molecule has 0 N–H and O–H groups in total. The minimum atomic E-state index is -0.446. The molecule has 0 aliphatic rings. The van der Waals surface area contributed by atoms with Crippen LogP contribution in [0.5, 0.6) is 11.5 Å². The smallest absolute Gasteiger partial charge is 0.268 e. The van der Waals surface area contributed by atoms with Crippen LogP contribution in [0.25, 0.3) is 83.4 Å². The third-order valence-corrected chi connectivity index (χ3v) is 14.0. The Kier molecular flexibility index (Phi) is 11.6. The van der Waals surface area contributed by atoms with Gasteiger partial charge in [-0.25, -0.2) is 4.98 Å². The first-order chi connectivity index (χ1) is 37.1. The van der Waals surface area contributed by atoms with E-state index in [0.717, 1.165) is 78.5 Å². The third kappa shape index (κ3) is 9.44. The minimum Gasteiger partial charge on any atom is -0.510 e. The molecule has 0 radical (unpaired) electrons. The van der Waals surface area contributed by atoms with Crippen LogP contribution in [-0.2, 0) is 43.7 Å². The Hall–Kier alpha value is -7.33. The number of hydrogen-bond donors (Lipinski definition) is 0. The average Bonchev–Trinajstić information content (AvgIpc) is 4.24. The predicted molar refractivity (Wildman–Crippen MR) is 302 cm³/mol. The van der Waals surface area contributed by atoms with Gasteiger partial charge in [0.15, 0.2) is 0 Å². The molecule has 3 aromatic heterocycles. The van der Waals surface area contributed by atoms with E-state index < -0.39 is 18.1 Å². The van der Waals surface area contributed by atoms with Crippen molar-refractivity contribution in [1.29, 1.82) is 0 Å². The zero-order valence-corrected chi connectivity index (χ0v) is 45.9. The molecule has 11 aromatic rings. The van der Waals surface area contributed by atoms with Crippen LogP contribution >= 0.6 is 0 Å². The van der Waals surface area contributed by atoms with Gasteiger partial charge in [-0.15, -0.1) is 29.7 Å². The van der Waals surface area contributed by atoms with Gasteiger partial charge in [0.05, 0.1) is 23.6 Å². The van der Waals surface area contributed by atoms with Crippen LogP contribution in [0.15, 0.2) is 182 Å². The second-order valence-corrected chi connectivity index (χ2v) is 22.1. The van der Waals surface area contributed by atoms with Crippen LogP contribution < -0.4 is 9.30 Å². The molecule has 0 spiro atoms. The summed E-state index contributed by atoms with van der Waals surface area (Å²) in [5, 5.41) is 2.11. The van der Waals surface area contributed by atoms with E-state index in [1.54, 1.807) is 0 Å². The maximum absolute atomic E-state index is 9.24. The summed E-state index contributed by atoms with van der Waals surface area (Å²) in [6, 6.07) is 55.0. The van der Waals surface area contributed by atoms with Crippen molar-refractivity contribution in [2.45, 2.75) is 91.9 Å². The van der Waals surface area contributed by atoms with E-state index in [-0.39, 0.29) is 55.0 Å². The van der Waals surface area contributed by atoms with Gasteiger partial charge in [-0.2, -0.15) is 18.2 Å². The molecule has 5 nitrogen and oxygen atoms in total. The fourth-order valence-electron chi connectivity index (χ4n) is 9.88. The van der Waals surface area contributed by atoms with E-state index in [1.165, 1.54) is 11.1 Å². The molecule has 0 saturated heterocycles. The Morgan fingerprint density at radius 1 is 0.568 bits per heavy atom. The number of fused-ring (bicyclic) bond motifs is 4. The van der Waals surface area contributed by atoms with Gasteiger partial charge in [0, 0.05) is 49.8 Å². The van der Waals surface area contributed by atoms with Gasteiger partial charge in [-0.05, 0) is 95.9 Å². The standard InChI is InChI=1S/C68H62N4O.Pt/c1-11-45-39-64(69-43-59(45)47-31-33-49(34-32-47)66(2,3)4)72-60-28-16-15-25-57(60)58-36-35-54(42-63(58)72)73-53-24-19-23-52(41-53)70-44-71(62-30-18-17-29-61(62)70)65-55(46-21-13-12-14-22-46)26-20-27-56(65)48-37-50(67(5,6)7)40-51(38-48)68(8,9)10;/h12-40,43H,11H2,1-10H3;/q-2;/i12D,13D,14D,21D,22D;. The maximum Gasteiger partial charge on any atom is 0.268 e. The second kappa shape index (κ2) is 19.5. The van der Waals surface area contributed by atoms with Gasteiger partial charge in [0.25, 0.3) is 6.33 Å². The van der Waals surface area contributed by atoms with E-state index >= 15 is 0 Å². The predicted octanol–water partition coefficient (Wildman–Crippen LogP) is 17.0. The number of aryl methyl sites for hydroxylation is 1. The maximum atomic E-state index is 9.24. The Bertz CT molecular complexity index is 4110. The Balaban J connectivity index is 0.00000704. The summed E-state index contributed by atoms with van der Waals surface area (Å²) in [6.07, 6.45) is 6.50. The van der Waals surface area contributed by atoms with E-state index in [0.29, 0.717) is 28.4 Å². The van der Waals surface area contributed by atoms with Gasteiger partial charge >= 0.3 is 0 Å². The third-order valence-electron chi connectivity index (χ3n) is 14.0. The number of nitrogens with zero attached hydrogens (tertiary/aromatic N) is 4. The molecule has 0 atom stereocenters. The zero-order chi connectivity index (χ0) is 55.2. The monoisotopic (exact) mass is 1150 g/mol. The van der Waals surface area contributed by atoms with E-state index in [4.69, 9.17) is 13.8 Å². The SMILES string of the molecule is [2H]c1c([2H])c([2H])c(-c2cccc(-c3cc(C(C)(C)C)cc(C(C)(C)C)c3)c2-[n+]2[c-]n(-c3[c-]c(Oc4[c-]c5c(cc4)c4ccccc4n5-c4cc(CC)c(-c5ccc(C(C)(C)C)cc5)cn4)ccc3)c3ccccc32)c([2H])c1[2H].[Pt]. The van der Waals surface area contributed by atoms with Crippen molar-refractivity contribution in [3.05, 3.63) is 223 Å². The summed E-state index contributed by atoms with van der Waals surface area (Å²) < 4.78 is 57.2. The van der Waals surface area contributed by atoms with Crippen LogP contribution in [0.1, 0.15) is 98.3 Å². The Labute approximate surface area is 458 Å². The average molecular weight is 1150 g/mol. The molecule has 0 amide bonds. The first-order valence-electron chi connectivity index (χ1n) is 27.7. The molecule has 0 aliphatic carbocycles. The summed E-state index contributed by atoms with van der Waals surface area (Å²) in [5.74, 6) is 1.77. The molecule has 0 saturated carbocycles. The molecule has 11 rings (SSSR count). The molecule has 8 aromatic carbocycles. The first-order valence-corrected chi connectivity index (χ1v) is 25.2. The fraction of sp³-hybridized carbons (Fsp3) is 0.206. The fourth-order valence-corrected chi connectivity index (χ4v) is 9.88. The number of benzene rings is 8. The second-order valence-electron chi connectivity index (χ2n) is 22.1. The summed E-state index contributed by atoms with van der Waals surface area (Å²) in [7, 11) is 0. The topological polar surface area (TPSA) is 35.9 Å². The number of ether oxygens (including phenoxy) is 1. The molecule has 3 heterocycles. The molecule has 6 heteroatoms. The summed E-state index contributed by atoms with van der Waals surface area (Å²) in [4.78, 5) is 5.12. The number of rotatable bonds is 9. The minimum absolute atomic E-state index is 0. The number of imidazole rings is 1. The van der Waals surface area contributed by atoms with Crippen molar-refractivity contribution >= 4 is 32.8 Å². The van der Waals surface area contributed by atoms with E-state index in [2.05, 4.69) is 171 Å². The van der Waals surface area contributed by atoms with Crippen molar-refractivity contribution in [3.63, 3.8) is 0 Å². The van der Waals surface area contributed by atoms with Gasteiger partial charge < -0.3 is 13.9 Å². The van der Waals surface area contributed by atoms with Crippen molar-refractivity contribution in [2.24, 2.45) is 0 Å². The van der Waals surface area contributed by atoms with Crippen LogP contribution in [0.3, 0.4) is 0 Å². The van der Waals surface area contributed by atoms with Crippen LogP contribution in [-0.4, -0.2) is 14.1 Å². The normalized spacial score (nSPS) is 13.1. The zero-order valence-electron chi connectivity index (χ0n) is 48.7. The van der Waals surface area contributed by atoms with Crippen molar-refractivity contribution < 1.29 is 37.2 Å². The molecular weight excluding hydrogens is 1080 g/mol. The van der Waals surface area contributed by atoms with E-state index in [1.807, 2.05) is 82.1 Å². The van der Waals surface area contributed by atoms with Crippen LogP contribution in [0, 0.1) is 18.5 Å². The van der Waals surface area contributed by atoms with Gasteiger partial charge in [0.2, 0.25) is 0 Å². The summed E-state index contributed by atoms with van der Waals surface area (Å²) in [6.45, 7) is 22.1. The van der Waals surface area contributed by atoms with Crippen molar-refractivity contribution in [2.75, 3.05) is 0 Å². The molecule has 0 aliphatic heterocycles. The van der Waals surface area contributed by atoms with Crippen LogP contribution in [0.4, 0.5) is 0 Å². The molecule has 372 valence electrons. The van der Waals surface area contributed by atoms with Crippen molar-refractivity contribution in [3.8, 4) is 62.1 Å². The van der Waals surface area contributed by atoms with Gasteiger partial charge in [-0.3, -0.25) is 4.57 Å². The molecular formula is C68H62N4OPt-2. The molecule has 0 bridgehead atoms. The first kappa shape index (κ1) is 44.2. The number of pyridine rings is 1. The summed E-state index contributed by atoms with van der Waals surface area (Å²) >= 11 is 0. The number of aromatic nitrogens is 4. The molecule has 74 heavy (non-hydrogen) atoms. The van der Waals surface area contributed by atoms with Crippen molar-refractivity contribution in [1.82, 2.24) is 14.1 Å². The van der Waals surface area contributed by atoms with E-state index in [9.17, 15) is 2.74 Å².